The Hall–Kier alpha value is -1.12. The fourth-order valence-corrected chi connectivity index (χ4v) is 1.25. The lowest BCUT2D eigenvalue weighted by Crippen LogP contribution is -2.24. The Balaban J connectivity index is 0.000000921. The van der Waals surface area contributed by atoms with E-state index in [1.54, 1.807) is 0 Å². The van der Waals surface area contributed by atoms with Crippen LogP contribution in [-0.4, -0.2) is 23.1 Å². The van der Waals surface area contributed by atoms with Gasteiger partial charge in [0.25, 0.3) is 0 Å². The van der Waals surface area contributed by atoms with Crippen LogP contribution in [0.2, 0.25) is 0 Å². The molecule has 1 heterocycles. The highest BCUT2D eigenvalue weighted by molar-refractivity contribution is 5.35. The lowest BCUT2D eigenvalue weighted by molar-refractivity contribution is 0.774. The van der Waals surface area contributed by atoms with Crippen LogP contribution in [-0.2, 0) is 0 Å². The van der Waals surface area contributed by atoms with E-state index in [0.29, 0.717) is 0 Å². The molecule has 0 saturated carbocycles. The molecule has 0 N–H and O–H groups in total. The minimum atomic E-state index is 0.969. The maximum atomic E-state index is 4.33. The van der Waals surface area contributed by atoms with Gasteiger partial charge in [0, 0.05) is 13.1 Å². The van der Waals surface area contributed by atoms with Gasteiger partial charge in [0.05, 0.1) is 18.1 Å². The fraction of sp³-hybridized carbons (Fsp3) is 0.667. The van der Waals surface area contributed by atoms with Crippen molar-refractivity contribution in [1.82, 2.24) is 9.97 Å². The molecule has 0 spiro atoms. The van der Waals surface area contributed by atoms with Gasteiger partial charge in [-0.05, 0) is 20.3 Å². The van der Waals surface area contributed by atoms with Crippen LogP contribution in [0.1, 0.15) is 39.8 Å². The summed E-state index contributed by atoms with van der Waals surface area (Å²) in [6.07, 6.45) is 4.80. The van der Waals surface area contributed by atoms with Crippen LogP contribution in [0.5, 0.6) is 0 Å². The number of anilines is 1. The van der Waals surface area contributed by atoms with E-state index in [-0.39, 0.29) is 0 Å². The molecule has 1 aromatic heterocycles. The van der Waals surface area contributed by atoms with Crippen LogP contribution in [0, 0.1) is 6.92 Å². The van der Waals surface area contributed by atoms with Gasteiger partial charge in [-0.3, -0.25) is 4.98 Å². The Kier molecular flexibility index (Phi) is 7.60. The average Bonchev–Trinajstić information content (AvgIpc) is 2.30. The lowest BCUT2D eigenvalue weighted by Gasteiger charge is -2.20. The van der Waals surface area contributed by atoms with E-state index in [0.717, 1.165) is 31.0 Å². The second-order valence-electron chi connectivity index (χ2n) is 3.10. The lowest BCUT2D eigenvalue weighted by atomic mass is 10.4. The highest BCUT2D eigenvalue weighted by atomic mass is 15.2. The molecule has 0 aromatic carbocycles. The first-order chi connectivity index (χ1) is 7.27. The zero-order chi connectivity index (χ0) is 11.7. The molecule has 0 aliphatic carbocycles. The quantitative estimate of drug-likeness (QED) is 0.763. The molecule has 3 heteroatoms. The van der Waals surface area contributed by atoms with Gasteiger partial charge in [-0.25, -0.2) is 4.98 Å². The second-order valence-corrected chi connectivity index (χ2v) is 3.10. The summed E-state index contributed by atoms with van der Waals surface area (Å²) < 4.78 is 0. The van der Waals surface area contributed by atoms with Crippen molar-refractivity contribution in [2.75, 3.05) is 18.0 Å². The van der Waals surface area contributed by atoms with Crippen molar-refractivity contribution in [3.8, 4) is 0 Å². The van der Waals surface area contributed by atoms with Gasteiger partial charge in [-0.1, -0.05) is 20.8 Å². The smallest absolute Gasteiger partial charge is 0.147 e. The maximum absolute atomic E-state index is 4.33. The average molecular weight is 209 g/mol. The van der Waals surface area contributed by atoms with E-state index >= 15 is 0 Å². The Labute approximate surface area is 93.6 Å². The van der Waals surface area contributed by atoms with E-state index in [1.165, 1.54) is 0 Å². The topological polar surface area (TPSA) is 29.0 Å². The minimum Gasteiger partial charge on any atom is -0.356 e. The molecule has 0 atom stereocenters. The Morgan fingerprint density at radius 3 is 2.20 bits per heavy atom. The van der Waals surface area contributed by atoms with Crippen molar-refractivity contribution in [3.05, 3.63) is 18.1 Å². The first kappa shape index (κ1) is 13.9. The molecular weight excluding hydrogens is 186 g/mol. The molecule has 86 valence electrons. The molecule has 0 bridgehead atoms. The van der Waals surface area contributed by atoms with Gasteiger partial charge in [-0.2, -0.15) is 0 Å². The van der Waals surface area contributed by atoms with Crippen molar-refractivity contribution in [1.29, 1.82) is 0 Å². The predicted molar refractivity (Wildman–Crippen MR) is 66.3 cm³/mol. The molecule has 1 rings (SSSR count). The standard InChI is InChI=1S/C10H17N3.C2H6/c1-4-6-13(5-2)10-8-11-9(3)7-12-10;1-2/h7-8H,4-6H2,1-3H3;1-2H3. The van der Waals surface area contributed by atoms with Gasteiger partial charge in [0.1, 0.15) is 5.82 Å². The van der Waals surface area contributed by atoms with Gasteiger partial charge < -0.3 is 4.90 Å². The molecule has 1 aromatic rings. The van der Waals surface area contributed by atoms with Crippen molar-refractivity contribution in [2.24, 2.45) is 0 Å². The number of nitrogens with zero attached hydrogens (tertiary/aromatic N) is 3. The van der Waals surface area contributed by atoms with E-state index in [4.69, 9.17) is 0 Å². The SMILES string of the molecule is CC.CCCN(CC)c1cnc(C)cn1. The van der Waals surface area contributed by atoms with Gasteiger partial charge >= 0.3 is 0 Å². The summed E-state index contributed by atoms with van der Waals surface area (Å²) in [6, 6.07) is 0. The molecule has 0 fully saturated rings. The number of rotatable bonds is 4. The molecule has 0 radical (unpaired) electrons. The third kappa shape index (κ3) is 4.77. The second kappa shape index (κ2) is 8.21. The monoisotopic (exact) mass is 209 g/mol. The Morgan fingerprint density at radius 1 is 1.13 bits per heavy atom. The largest absolute Gasteiger partial charge is 0.356 e. The summed E-state index contributed by atoms with van der Waals surface area (Å²) in [4.78, 5) is 10.8. The molecule has 0 unspecified atom stereocenters. The summed E-state index contributed by atoms with van der Waals surface area (Å²) in [5, 5.41) is 0. The summed E-state index contributed by atoms with van der Waals surface area (Å²) in [7, 11) is 0. The molecule has 3 nitrogen and oxygen atoms in total. The third-order valence-corrected chi connectivity index (χ3v) is 1.97. The summed E-state index contributed by atoms with van der Waals surface area (Å²) in [5.74, 6) is 0.981. The van der Waals surface area contributed by atoms with Crippen LogP contribution in [0.3, 0.4) is 0 Å². The van der Waals surface area contributed by atoms with Gasteiger partial charge in [0.2, 0.25) is 0 Å². The molecule has 0 saturated heterocycles. The first-order valence-corrected chi connectivity index (χ1v) is 5.81. The van der Waals surface area contributed by atoms with Crippen LogP contribution < -0.4 is 4.90 Å². The van der Waals surface area contributed by atoms with Crippen LogP contribution >= 0.6 is 0 Å². The van der Waals surface area contributed by atoms with Crippen molar-refractivity contribution >= 4 is 5.82 Å². The third-order valence-electron chi connectivity index (χ3n) is 1.97. The Morgan fingerprint density at radius 2 is 1.80 bits per heavy atom. The van der Waals surface area contributed by atoms with Crippen LogP contribution in [0.4, 0.5) is 5.82 Å². The first-order valence-electron chi connectivity index (χ1n) is 5.81. The van der Waals surface area contributed by atoms with Crippen molar-refractivity contribution in [2.45, 2.75) is 41.0 Å². The number of hydrogen-bond acceptors (Lipinski definition) is 3. The molecule has 0 amide bonds. The predicted octanol–water partition coefficient (Wildman–Crippen LogP) is 3.05. The highest BCUT2D eigenvalue weighted by Crippen LogP contribution is 2.08. The molecular formula is C12H23N3. The zero-order valence-electron chi connectivity index (χ0n) is 10.6. The van der Waals surface area contributed by atoms with Gasteiger partial charge in [0.15, 0.2) is 0 Å². The maximum Gasteiger partial charge on any atom is 0.147 e. The number of aromatic nitrogens is 2. The summed E-state index contributed by atoms with van der Waals surface area (Å²) in [6.45, 7) is 12.3. The fourth-order valence-electron chi connectivity index (χ4n) is 1.25. The minimum absolute atomic E-state index is 0.969. The molecule has 0 aliphatic rings. The van der Waals surface area contributed by atoms with E-state index < -0.39 is 0 Å². The Bertz CT molecular complexity index is 244. The summed E-state index contributed by atoms with van der Waals surface area (Å²) in [5.41, 5.74) is 0.969. The van der Waals surface area contributed by atoms with Crippen molar-refractivity contribution < 1.29 is 0 Å². The van der Waals surface area contributed by atoms with E-state index in [2.05, 4.69) is 28.7 Å². The van der Waals surface area contributed by atoms with Gasteiger partial charge in [-0.15, -0.1) is 0 Å². The zero-order valence-corrected chi connectivity index (χ0v) is 10.6. The van der Waals surface area contributed by atoms with E-state index in [9.17, 15) is 0 Å². The number of aryl methyl sites for hydroxylation is 1. The highest BCUT2D eigenvalue weighted by Gasteiger charge is 2.03. The number of hydrogen-bond donors (Lipinski definition) is 0. The van der Waals surface area contributed by atoms with Crippen LogP contribution in [0.15, 0.2) is 12.4 Å². The van der Waals surface area contributed by atoms with Crippen LogP contribution in [0.25, 0.3) is 0 Å². The summed E-state index contributed by atoms with van der Waals surface area (Å²) >= 11 is 0. The normalized spacial score (nSPS) is 9.13. The van der Waals surface area contributed by atoms with E-state index in [1.807, 2.05) is 33.2 Å². The van der Waals surface area contributed by atoms with Crippen molar-refractivity contribution in [3.63, 3.8) is 0 Å². The molecule has 0 aliphatic heterocycles. The molecule has 15 heavy (non-hydrogen) atoms.